The third kappa shape index (κ3) is 0.869. The summed E-state index contributed by atoms with van der Waals surface area (Å²) in [6.07, 6.45) is 1.02. The normalized spacial score (nSPS) is 25.0. The predicted octanol–water partition coefficient (Wildman–Crippen LogP) is 0.0151. The second kappa shape index (κ2) is 1.82. The van der Waals surface area contributed by atoms with Crippen LogP contribution in [-0.4, -0.2) is 11.2 Å². The zero-order valence-electron chi connectivity index (χ0n) is 3.12. The first-order chi connectivity index (χ1) is 2.89. The monoisotopic (exact) mass is 120 g/mol. The Hall–Kier alpha value is 0.280. The van der Waals surface area contributed by atoms with E-state index >= 15 is 0 Å². The third-order valence-electron chi connectivity index (χ3n) is 0.539. The molecule has 0 aliphatic carbocycles. The number of hydrogen-bond donors (Lipinski definition) is 2. The number of thiocarbonyl (C=S) groups is 1. The maximum absolute atomic E-state index is 4.75. The van der Waals surface area contributed by atoms with Gasteiger partial charge in [0.2, 0.25) is 0 Å². The molecular weight excluding hydrogens is 115 g/mol. The van der Waals surface area contributed by atoms with E-state index in [9.17, 15) is 0 Å². The Morgan fingerprint density at radius 1 is 1.83 bits per heavy atom. The summed E-state index contributed by atoms with van der Waals surface area (Å²) in [6.45, 7) is 0. The molecule has 1 saturated heterocycles. The van der Waals surface area contributed by atoms with Gasteiger partial charge in [0, 0.05) is 6.16 Å². The van der Waals surface area contributed by atoms with E-state index in [4.69, 9.17) is 12.2 Å². The highest BCUT2D eigenvalue weighted by Crippen LogP contribution is 2.05. The van der Waals surface area contributed by atoms with Crippen molar-refractivity contribution in [2.45, 2.75) is 0 Å². The van der Waals surface area contributed by atoms with Crippen LogP contribution in [-0.2, 0) is 0 Å². The minimum Gasteiger partial charge on any atom is -0.312 e. The van der Waals surface area contributed by atoms with E-state index in [1.807, 2.05) is 0 Å². The lowest BCUT2D eigenvalue weighted by Crippen LogP contribution is -2.21. The molecule has 1 aliphatic heterocycles. The van der Waals surface area contributed by atoms with Crippen LogP contribution in [0, 0.1) is 0 Å². The summed E-state index contributed by atoms with van der Waals surface area (Å²) in [4.78, 5) is 0.938. The number of hydrazine groups is 1. The van der Waals surface area contributed by atoms with Gasteiger partial charge in [-0.05, 0) is 8.73 Å². The zero-order valence-corrected chi connectivity index (χ0v) is 4.93. The lowest BCUT2D eigenvalue weighted by molar-refractivity contribution is 0.960. The smallest absolute Gasteiger partial charge is 0.0951 e. The molecule has 1 atom stereocenters. The van der Waals surface area contributed by atoms with Crippen LogP contribution in [0.5, 0.6) is 0 Å². The van der Waals surface area contributed by atoms with Crippen molar-refractivity contribution in [1.29, 1.82) is 0 Å². The van der Waals surface area contributed by atoms with Crippen LogP contribution < -0.4 is 10.6 Å². The number of hydrogen-bond acceptors (Lipinski definition) is 2. The summed E-state index contributed by atoms with van der Waals surface area (Å²) in [5.41, 5.74) is 2.81. The summed E-state index contributed by atoms with van der Waals surface area (Å²) in [5.74, 6) is 0. The fraction of sp³-hybridized carbons (Fsp3) is 0.500. The summed E-state index contributed by atoms with van der Waals surface area (Å²) >= 11 is 4.75. The molecule has 0 aromatic heterocycles. The van der Waals surface area contributed by atoms with Gasteiger partial charge in [0.25, 0.3) is 0 Å². The zero-order chi connectivity index (χ0) is 4.41. The van der Waals surface area contributed by atoms with E-state index in [0.717, 1.165) is 19.9 Å². The molecule has 0 aromatic carbocycles. The summed E-state index contributed by atoms with van der Waals surface area (Å²) in [7, 11) is 0.787. The molecule has 0 aromatic rings. The van der Waals surface area contributed by atoms with Gasteiger partial charge in [-0.3, -0.25) is 0 Å². The Balaban J connectivity index is 2.37. The Morgan fingerprint density at radius 3 is 2.83 bits per heavy atom. The maximum Gasteiger partial charge on any atom is 0.0951 e. The molecule has 1 unspecified atom stereocenters. The van der Waals surface area contributed by atoms with Crippen molar-refractivity contribution in [3.8, 4) is 0 Å². The molecule has 2 nitrogen and oxygen atoms in total. The van der Waals surface area contributed by atoms with Crippen LogP contribution in [0.15, 0.2) is 0 Å². The van der Waals surface area contributed by atoms with Crippen molar-refractivity contribution in [1.82, 2.24) is 10.6 Å². The first kappa shape index (κ1) is 4.44. The molecule has 0 radical (unpaired) electrons. The minimum absolute atomic E-state index is 0.787. The average Bonchev–Trinajstić information content (AvgIpc) is 1.86. The fourth-order valence-corrected chi connectivity index (χ4v) is 1.22. The largest absolute Gasteiger partial charge is 0.312 e. The summed E-state index contributed by atoms with van der Waals surface area (Å²) in [6, 6.07) is 0. The highest BCUT2D eigenvalue weighted by atomic mass is 32.1. The molecule has 0 saturated carbocycles. The molecule has 0 spiro atoms. The van der Waals surface area contributed by atoms with E-state index < -0.39 is 0 Å². The highest BCUT2D eigenvalue weighted by molar-refractivity contribution is 7.81. The van der Waals surface area contributed by atoms with Gasteiger partial charge < -0.3 is 5.43 Å². The summed E-state index contributed by atoms with van der Waals surface area (Å²) in [5, 5.41) is 2.91. The second-order valence-corrected chi connectivity index (χ2v) is 2.48. The van der Waals surface area contributed by atoms with E-state index in [1.165, 1.54) is 0 Å². The van der Waals surface area contributed by atoms with Crippen LogP contribution in [0.3, 0.4) is 0 Å². The molecule has 1 aliphatic rings. The van der Waals surface area contributed by atoms with Gasteiger partial charge in [-0.15, -0.1) is 0 Å². The molecule has 0 bridgehead atoms. The van der Waals surface area contributed by atoms with Crippen molar-refractivity contribution < 1.29 is 0 Å². The quantitative estimate of drug-likeness (QED) is 0.348. The Morgan fingerprint density at radius 2 is 2.67 bits per heavy atom. The SMILES string of the molecule is S=C1CPNN1. The highest BCUT2D eigenvalue weighted by Gasteiger charge is 1.99. The predicted molar refractivity (Wildman–Crippen MR) is 32.1 cm³/mol. The van der Waals surface area contributed by atoms with Crippen molar-refractivity contribution in [2.75, 3.05) is 6.16 Å². The van der Waals surface area contributed by atoms with Gasteiger partial charge in [0.05, 0.1) is 4.99 Å². The van der Waals surface area contributed by atoms with Crippen LogP contribution in [0.4, 0.5) is 0 Å². The Bertz CT molecular complexity index is 65.9. The van der Waals surface area contributed by atoms with Gasteiger partial charge in [-0.25, -0.2) is 5.20 Å². The van der Waals surface area contributed by atoms with Crippen LogP contribution in [0.25, 0.3) is 0 Å². The molecule has 1 fully saturated rings. The molecule has 1 rings (SSSR count). The second-order valence-electron chi connectivity index (χ2n) is 1.03. The van der Waals surface area contributed by atoms with Gasteiger partial charge in [0.15, 0.2) is 0 Å². The molecular formula is C2H5N2PS. The topological polar surface area (TPSA) is 24.1 Å². The van der Waals surface area contributed by atoms with E-state index in [-0.39, 0.29) is 0 Å². The number of nitrogens with one attached hydrogen (secondary N) is 2. The lowest BCUT2D eigenvalue weighted by Gasteiger charge is -1.85. The summed E-state index contributed by atoms with van der Waals surface area (Å²) < 4.78 is 0. The van der Waals surface area contributed by atoms with Crippen molar-refractivity contribution in [2.24, 2.45) is 0 Å². The van der Waals surface area contributed by atoms with Gasteiger partial charge >= 0.3 is 0 Å². The first-order valence-electron chi connectivity index (χ1n) is 1.66. The standard InChI is InChI=1S/C2H5N2PS/c6-2-1-5-4-3-2/h4-5H,1H2,(H,3,6). The Kier molecular flexibility index (Phi) is 1.35. The van der Waals surface area contributed by atoms with Gasteiger partial charge in [-0.2, -0.15) is 0 Å². The Labute approximate surface area is 43.5 Å². The van der Waals surface area contributed by atoms with Gasteiger partial charge in [-0.1, -0.05) is 12.2 Å². The number of rotatable bonds is 0. The van der Waals surface area contributed by atoms with Crippen LogP contribution >= 0.6 is 20.9 Å². The van der Waals surface area contributed by atoms with Crippen molar-refractivity contribution in [3.63, 3.8) is 0 Å². The lowest BCUT2D eigenvalue weighted by atomic mass is 10.8. The third-order valence-corrected chi connectivity index (χ3v) is 1.87. The van der Waals surface area contributed by atoms with Crippen molar-refractivity contribution in [3.05, 3.63) is 0 Å². The van der Waals surface area contributed by atoms with E-state index in [0.29, 0.717) is 0 Å². The van der Waals surface area contributed by atoms with Crippen LogP contribution in [0.2, 0.25) is 0 Å². The minimum atomic E-state index is 0.787. The average molecular weight is 120 g/mol. The molecule has 2 N–H and O–H groups in total. The first-order valence-corrected chi connectivity index (χ1v) is 3.28. The van der Waals surface area contributed by atoms with Crippen LogP contribution in [0.1, 0.15) is 0 Å². The fourth-order valence-electron chi connectivity index (χ4n) is 0.283. The van der Waals surface area contributed by atoms with Gasteiger partial charge in [0.1, 0.15) is 0 Å². The maximum atomic E-state index is 4.75. The molecule has 0 amide bonds. The van der Waals surface area contributed by atoms with E-state index in [1.54, 1.807) is 0 Å². The van der Waals surface area contributed by atoms with Crippen molar-refractivity contribution >= 4 is 25.9 Å². The molecule has 4 heteroatoms. The molecule has 6 heavy (non-hydrogen) atoms. The molecule has 34 valence electrons. The molecule has 1 heterocycles. The van der Waals surface area contributed by atoms with E-state index in [2.05, 4.69) is 10.6 Å².